The Morgan fingerprint density at radius 2 is 1.68 bits per heavy atom. The number of fused-ring (bicyclic) bond motifs is 1. The zero-order valence-electron chi connectivity index (χ0n) is 16.7. The fourth-order valence-electron chi connectivity index (χ4n) is 3.05. The molecule has 0 bridgehead atoms. The van der Waals surface area contributed by atoms with E-state index in [-0.39, 0.29) is 4.90 Å². The largest absolute Gasteiger partial charge is 0.361 e. The van der Waals surface area contributed by atoms with Gasteiger partial charge in [0.2, 0.25) is 0 Å². The average Bonchev–Trinajstić information content (AvgIpc) is 3.17. The fourth-order valence-corrected chi connectivity index (χ4v) is 4.11. The number of nitrogens with one attached hydrogen (secondary N) is 3. The summed E-state index contributed by atoms with van der Waals surface area (Å²) in [6.45, 7) is 1.89. The second-order valence-corrected chi connectivity index (χ2v) is 8.67. The highest BCUT2D eigenvalue weighted by Gasteiger charge is 2.14. The third kappa shape index (κ3) is 4.65. The number of amides is 1. The number of hydrogen-bond donors (Lipinski definition) is 3. The lowest BCUT2D eigenvalue weighted by Crippen LogP contribution is -2.18. The van der Waals surface area contributed by atoms with Gasteiger partial charge in [-0.15, -0.1) is 0 Å². The van der Waals surface area contributed by atoms with Crippen molar-refractivity contribution in [1.82, 2.24) is 10.4 Å². The molecule has 3 aromatic carbocycles. The van der Waals surface area contributed by atoms with Gasteiger partial charge in [-0.1, -0.05) is 35.9 Å². The first-order valence-electron chi connectivity index (χ1n) is 9.51. The molecule has 31 heavy (non-hydrogen) atoms. The van der Waals surface area contributed by atoms with Crippen LogP contribution < -0.4 is 10.1 Å². The molecule has 3 N–H and O–H groups in total. The van der Waals surface area contributed by atoms with Crippen LogP contribution in [0.5, 0.6) is 0 Å². The number of carbonyl (C=O) groups excluding carboxylic acids is 1. The molecule has 1 amide bonds. The quantitative estimate of drug-likeness (QED) is 0.316. The first-order valence-corrected chi connectivity index (χ1v) is 11.0. The predicted octanol–water partition coefficient (Wildman–Crippen LogP) is 4.04. The van der Waals surface area contributed by atoms with Gasteiger partial charge in [-0.05, 0) is 49.4 Å². The van der Waals surface area contributed by atoms with Crippen molar-refractivity contribution in [1.29, 1.82) is 0 Å². The standard InChI is InChI=1S/C23H20N4O3S/c1-16-6-12-20(13-7-16)31(29,30)27-19-10-8-17(9-11-19)23(28)26-25-15-18-14-24-22-5-3-2-4-21(18)22/h2-15,24,27H,1H3,(H,26,28)/b25-15-. The summed E-state index contributed by atoms with van der Waals surface area (Å²) in [5.41, 5.74) is 6.01. The van der Waals surface area contributed by atoms with Crippen molar-refractivity contribution in [2.45, 2.75) is 11.8 Å². The zero-order valence-corrected chi connectivity index (χ0v) is 17.5. The van der Waals surface area contributed by atoms with E-state index in [1.165, 1.54) is 24.3 Å². The first-order chi connectivity index (χ1) is 14.9. The van der Waals surface area contributed by atoms with Gasteiger partial charge in [-0.3, -0.25) is 9.52 Å². The number of aryl methyl sites for hydroxylation is 1. The maximum atomic E-state index is 12.5. The van der Waals surface area contributed by atoms with E-state index < -0.39 is 15.9 Å². The van der Waals surface area contributed by atoms with Crippen LogP contribution in [-0.4, -0.2) is 25.5 Å². The summed E-state index contributed by atoms with van der Waals surface area (Å²) < 4.78 is 27.4. The third-order valence-electron chi connectivity index (χ3n) is 4.72. The molecule has 0 fully saturated rings. The van der Waals surface area contributed by atoms with E-state index in [2.05, 4.69) is 20.2 Å². The van der Waals surface area contributed by atoms with Crippen LogP contribution in [0, 0.1) is 6.92 Å². The lowest BCUT2D eigenvalue weighted by molar-refractivity contribution is 0.0955. The number of aromatic amines is 1. The Hall–Kier alpha value is -3.91. The van der Waals surface area contributed by atoms with Gasteiger partial charge in [0.05, 0.1) is 11.1 Å². The molecule has 0 saturated heterocycles. The Morgan fingerprint density at radius 3 is 2.42 bits per heavy atom. The Morgan fingerprint density at radius 1 is 0.968 bits per heavy atom. The van der Waals surface area contributed by atoms with Crippen molar-refractivity contribution in [3.05, 3.63) is 95.7 Å². The van der Waals surface area contributed by atoms with Crippen molar-refractivity contribution in [3.8, 4) is 0 Å². The van der Waals surface area contributed by atoms with Crippen LogP contribution in [0.25, 0.3) is 10.9 Å². The molecule has 7 nitrogen and oxygen atoms in total. The van der Waals surface area contributed by atoms with Crippen LogP contribution in [0.1, 0.15) is 21.5 Å². The number of H-pyrrole nitrogens is 1. The van der Waals surface area contributed by atoms with E-state index in [1.54, 1.807) is 30.5 Å². The molecule has 0 radical (unpaired) electrons. The number of rotatable bonds is 6. The zero-order chi connectivity index (χ0) is 21.8. The Balaban J connectivity index is 1.40. The molecule has 0 aliphatic heterocycles. The van der Waals surface area contributed by atoms with Crippen LogP contribution >= 0.6 is 0 Å². The minimum absolute atomic E-state index is 0.173. The van der Waals surface area contributed by atoms with Crippen LogP contribution in [-0.2, 0) is 10.0 Å². The number of nitrogens with zero attached hydrogens (tertiary/aromatic N) is 1. The summed E-state index contributed by atoms with van der Waals surface area (Å²) in [7, 11) is -3.70. The second-order valence-electron chi connectivity index (χ2n) is 6.98. The molecular formula is C23H20N4O3S. The molecule has 0 atom stereocenters. The van der Waals surface area contributed by atoms with Gasteiger partial charge >= 0.3 is 0 Å². The lowest BCUT2D eigenvalue weighted by atomic mass is 10.2. The number of hydrazone groups is 1. The van der Waals surface area contributed by atoms with Crippen LogP contribution in [0.15, 0.2) is 89.0 Å². The van der Waals surface area contributed by atoms with E-state index in [0.717, 1.165) is 22.0 Å². The van der Waals surface area contributed by atoms with Gasteiger partial charge in [0.1, 0.15) is 0 Å². The number of aromatic nitrogens is 1. The Kier molecular flexibility index (Phi) is 5.55. The van der Waals surface area contributed by atoms with Gasteiger partial charge in [0.25, 0.3) is 15.9 Å². The van der Waals surface area contributed by atoms with E-state index in [9.17, 15) is 13.2 Å². The number of sulfonamides is 1. The monoisotopic (exact) mass is 432 g/mol. The maximum absolute atomic E-state index is 12.5. The summed E-state index contributed by atoms with van der Waals surface area (Å²) in [5, 5.41) is 5.02. The van der Waals surface area contributed by atoms with Crippen LogP contribution in [0.3, 0.4) is 0 Å². The third-order valence-corrected chi connectivity index (χ3v) is 6.12. The van der Waals surface area contributed by atoms with Gasteiger partial charge in [-0.25, -0.2) is 13.8 Å². The second kappa shape index (κ2) is 8.45. The summed E-state index contributed by atoms with van der Waals surface area (Å²) in [4.78, 5) is 15.6. The summed E-state index contributed by atoms with van der Waals surface area (Å²) in [5.74, 6) is -0.399. The molecule has 156 valence electrons. The molecule has 0 aliphatic carbocycles. The number of benzene rings is 3. The van der Waals surface area contributed by atoms with Gasteiger partial charge in [0.15, 0.2) is 0 Å². The topological polar surface area (TPSA) is 103 Å². The smallest absolute Gasteiger partial charge is 0.271 e. The molecule has 0 aliphatic rings. The average molecular weight is 433 g/mol. The van der Waals surface area contributed by atoms with Crippen molar-refractivity contribution in [2.24, 2.45) is 5.10 Å². The molecule has 8 heteroatoms. The van der Waals surface area contributed by atoms with Gasteiger partial charge in [-0.2, -0.15) is 5.10 Å². The first kappa shape index (κ1) is 20.4. The highest BCUT2D eigenvalue weighted by atomic mass is 32.2. The number of hydrogen-bond acceptors (Lipinski definition) is 4. The van der Waals surface area contributed by atoms with E-state index in [4.69, 9.17) is 0 Å². The predicted molar refractivity (Wildman–Crippen MR) is 122 cm³/mol. The van der Waals surface area contributed by atoms with Crippen molar-refractivity contribution in [2.75, 3.05) is 4.72 Å². The minimum atomic E-state index is -3.70. The normalized spacial score (nSPS) is 11.6. The molecule has 4 rings (SSSR count). The van der Waals surface area contributed by atoms with Crippen LogP contribution in [0.4, 0.5) is 5.69 Å². The van der Waals surface area contributed by atoms with E-state index in [1.807, 2.05) is 37.4 Å². The molecule has 1 aromatic heterocycles. The molecule has 0 unspecified atom stereocenters. The van der Waals surface area contributed by atoms with Gasteiger partial charge in [0, 0.05) is 33.9 Å². The number of para-hydroxylation sites is 1. The molecule has 0 saturated carbocycles. The fraction of sp³-hybridized carbons (Fsp3) is 0.0435. The number of carbonyl (C=O) groups is 1. The van der Waals surface area contributed by atoms with Crippen molar-refractivity contribution < 1.29 is 13.2 Å². The lowest BCUT2D eigenvalue weighted by Gasteiger charge is -2.09. The molecule has 4 aromatic rings. The Bertz CT molecular complexity index is 1360. The summed E-state index contributed by atoms with van der Waals surface area (Å²) in [6, 6.07) is 20.5. The highest BCUT2D eigenvalue weighted by Crippen LogP contribution is 2.18. The number of anilines is 1. The van der Waals surface area contributed by atoms with Crippen molar-refractivity contribution >= 4 is 38.7 Å². The van der Waals surface area contributed by atoms with E-state index >= 15 is 0 Å². The molecular weight excluding hydrogens is 412 g/mol. The summed E-state index contributed by atoms with van der Waals surface area (Å²) in [6.07, 6.45) is 3.39. The summed E-state index contributed by atoms with van der Waals surface area (Å²) >= 11 is 0. The maximum Gasteiger partial charge on any atom is 0.271 e. The van der Waals surface area contributed by atoms with E-state index in [0.29, 0.717) is 11.3 Å². The Labute approximate surface area is 179 Å². The van der Waals surface area contributed by atoms with Crippen molar-refractivity contribution in [3.63, 3.8) is 0 Å². The van der Waals surface area contributed by atoms with Gasteiger partial charge < -0.3 is 4.98 Å². The highest BCUT2D eigenvalue weighted by molar-refractivity contribution is 7.92. The molecule has 0 spiro atoms. The minimum Gasteiger partial charge on any atom is -0.361 e. The van der Waals surface area contributed by atoms with Crippen LogP contribution in [0.2, 0.25) is 0 Å². The SMILES string of the molecule is Cc1ccc(S(=O)(=O)Nc2ccc(C(=O)N/N=C\c3c[nH]c4ccccc34)cc2)cc1. The molecule has 1 heterocycles.